The van der Waals surface area contributed by atoms with Gasteiger partial charge in [-0.05, 0) is 65.7 Å². The van der Waals surface area contributed by atoms with Crippen molar-refractivity contribution in [1.82, 2.24) is 24.0 Å². The summed E-state index contributed by atoms with van der Waals surface area (Å²) in [5, 5.41) is 2.44. The minimum absolute atomic E-state index is 0.0117. The van der Waals surface area contributed by atoms with Gasteiger partial charge in [-0.1, -0.05) is 12.1 Å². The van der Waals surface area contributed by atoms with Crippen LogP contribution >= 0.6 is 0 Å². The Bertz CT molecular complexity index is 1890. The van der Waals surface area contributed by atoms with Crippen LogP contribution in [0.15, 0.2) is 82.2 Å². The van der Waals surface area contributed by atoms with Crippen LogP contribution in [0.5, 0.6) is 0 Å². The molecular formula is C28H22FN5O3. The highest BCUT2D eigenvalue weighted by molar-refractivity contribution is 5.95. The molecule has 0 bridgehead atoms. The van der Waals surface area contributed by atoms with E-state index in [1.807, 2.05) is 47.0 Å². The summed E-state index contributed by atoms with van der Waals surface area (Å²) in [7, 11) is 4.96. The number of hydrogen-bond acceptors (Lipinski definition) is 4. The molecule has 0 aliphatic carbocycles. The maximum absolute atomic E-state index is 14.6. The normalized spacial score (nSPS) is 11.5. The summed E-state index contributed by atoms with van der Waals surface area (Å²) in [5.74, 6) is 0.106. The average molecular weight is 496 g/mol. The van der Waals surface area contributed by atoms with Gasteiger partial charge in [-0.3, -0.25) is 18.5 Å². The molecule has 9 heteroatoms. The third-order valence-electron chi connectivity index (χ3n) is 6.68. The van der Waals surface area contributed by atoms with Crippen molar-refractivity contribution >= 4 is 28.0 Å². The highest BCUT2D eigenvalue weighted by Crippen LogP contribution is 2.33. The lowest BCUT2D eigenvalue weighted by Gasteiger charge is -2.10. The third kappa shape index (κ3) is 3.47. The molecule has 0 radical (unpaired) electrons. The summed E-state index contributed by atoms with van der Waals surface area (Å²) in [5.41, 5.74) is 5.20. The van der Waals surface area contributed by atoms with E-state index in [0.717, 1.165) is 27.8 Å². The zero-order valence-electron chi connectivity index (χ0n) is 20.3. The van der Waals surface area contributed by atoms with E-state index in [1.54, 1.807) is 41.6 Å². The van der Waals surface area contributed by atoms with E-state index in [4.69, 9.17) is 9.40 Å². The summed E-state index contributed by atoms with van der Waals surface area (Å²) in [6.45, 7) is 0. The van der Waals surface area contributed by atoms with Gasteiger partial charge in [0.05, 0.1) is 39.6 Å². The number of hydrogen-bond donors (Lipinski definition) is 1. The lowest BCUT2D eigenvalue weighted by Crippen LogP contribution is -2.19. The standard InChI is InChI=1S/C28H22FN5O3/c1-30-27(35)19-9-6-16(13-20(19)29)17-7-10-22-21(14-17)31-26(25-5-4-12-37-25)34(22)18-8-11-23-24(15-18)33(3)28(36)32(23)2/h4-15H,1-3H3,(H,30,35). The van der Waals surface area contributed by atoms with Crippen LogP contribution < -0.4 is 11.0 Å². The van der Waals surface area contributed by atoms with E-state index in [9.17, 15) is 14.0 Å². The van der Waals surface area contributed by atoms with Gasteiger partial charge in [0.2, 0.25) is 0 Å². The van der Waals surface area contributed by atoms with Crippen molar-refractivity contribution in [3.63, 3.8) is 0 Å². The first-order chi connectivity index (χ1) is 17.9. The predicted octanol–water partition coefficient (Wildman–Crippen LogP) is 4.64. The minimum atomic E-state index is -0.597. The minimum Gasteiger partial charge on any atom is -0.461 e. The molecule has 0 aliphatic rings. The van der Waals surface area contributed by atoms with Gasteiger partial charge >= 0.3 is 5.69 Å². The number of nitrogens with one attached hydrogen (secondary N) is 1. The molecule has 6 aromatic rings. The summed E-state index contributed by atoms with van der Waals surface area (Å²) >= 11 is 0. The Morgan fingerprint density at radius 1 is 0.919 bits per heavy atom. The van der Waals surface area contributed by atoms with Gasteiger partial charge in [-0.25, -0.2) is 14.2 Å². The zero-order chi connectivity index (χ0) is 25.8. The molecule has 0 unspecified atom stereocenters. The van der Waals surface area contributed by atoms with Gasteiger partial charge in [0, 0.05) is 21.1 Å². The first-order valence-electron chi connectivity index (χ1n) is 11.6. The molecule has 6 rings (SSSR count). The van der Waals surface area contributed by atoms with Crippen LogP contribution in [0, 0.1) is 5.82 Å². The molecule has 184 valence electrons. The van der Waals surface area contributed by atoms with Gasteiger partial charge in [0.15, 0.2) is 11.6 Å². The lowest BCUT2D eigenvalue weighted by molar-refractivity contribution is 0.0959. The number of fused-ring (bicyclic) bond motifs is 2. The van der Waals surface area contributed by atoms with Crippen molar-refractivity contribution in [3.8, 4) is 28.4 Å². The fourth-order valence-electron chi connectivity index (χ4n) is 4.74. The lowest BCUT2D eigenvalue weighted by atomic mass is 10.0. The molecule has 0 aliphatic heterocycles. The molecule has 3 aromatic carbocycles. The number of nitrogens with zero attached hydrogens (tertiary/aromatic N) is 4. The van der Waals surface area contributed by atoms with Crippen LogP contribution in [-0.4, -0.2) is 31.6 Å². The van der Waals surface area contributed by atoms with Gasteiger partial charge in [0.25, 0.3) is 5.91 Å². The Hall–Kier alpha value is -4.92. The Morgan fingerprint density at radius 2 is 1.65 bits per heavy atom. The number of aromatic nitrogens is 4. The van der Waals surface area contributed by atoms with Crippen molar-refractivity contribution in [2.45, 2.75) is 0 Å². The Balaban J connectivity index is 1.54. The number of furan rings is 1. The summed E-state index contributed by atoms with van der Waals surface area (Å²) < 4.78 is 25.5. The fraction of sp³-hybridized carbons (Fsp3) is 0.107. The monoisotopic (exact) mass is 495 g/mol. The van der Waals surface area contributed by atoms with Crippen LogP contribution in [0.3, 0.4) is 0 Å². The molecule has 0 saturated heterocycles. The van der Waals surface area contributed by atoms with Crippen molar-refractivity contribution in [1.29, 1.82) is 0 Å². The molecule has 1 N–H and O–H groups in total. The number of carbonyl (C=O) groups excluding carboxylic acids is 1. The molecule has 3 heterocycles. The van der Waals surface area contributed by atoms with Crippen LogP contribution in [0.4, 0.5) is 4.39 Å². The Labute approximate surface area is 210 Å². The fourth-order valence-corrected chi connectivity index (χ4v) is 4.74. The van der Waals surface area contributed by atoms with Crippen LogP contribution in [-0.2, 0) is 14.1 Å². The largest absolute Gasteiger partial charge is 0.461 e. The molecule has 0 spiro atoms. The number of carbonyl (C=O) groups is 1. The molecule has 0 saturated carbocycles. The maximum Gasteiger partial charge on any atom is 0.328 e. The molecule has 0 atom stereocenters. The smallest absolute Gasteiger partial charge is 0.328 e. The Kier molecular flexibility index (Phi) is 5.08. The predicted molar refractivity (Wildman–Crippen MR) is 139 cm³/mol. The highest BCUT2D eigenvalue weighted by atomic mass is 19.1. The number of halogens is 1. The van der Waals surface area contributed by atoms with E-state index < -0.39 is 11.7 Å². The second-order valence-electron chi connectivity index (χ2n) is 8.80. The first kappa shape index (κ1) is 22.5. The number of imidazole rings is 2. The van der Waals surface area contributed by atoms with Gasteiger partial charge < -0.3 is 9.73 Å². The topological polar surface area (TPSA) is 87.0 Å². The highest BCUT2D eigenvalue weighted by Gasteiger charge is 2.19. The second kappa shape index (κ2) is 8.34. The van der Waals surface area contributed by atoms with Crippen molar-refractivity contribution < 1.29 is 13.6 Å². The van der Waals surface area contributed by atoms with Crippen molar-refractivity contribution in [2.24, 2.45) is 14.1 Å². The molecule has 37 heavy (non-hydrogen) atoms. The van der Waals surface area contributed by atoms with E-state index in [0.29, 0.717) is 22.7 Å². The second-order valence-corrected chi connectivity index (χ2v) is 8.80. The van der Waals surface area contributed by atoms with E-state index in [2.05, 4.69) is 5.32 Å². The Morgan fingerprint density at radius 3 is 2.38 bits per heavy atom. The van der Waals surface area contributed by atoms with Crippen LogP contribution in [0.1, 0.15) is 10.4 Å². The van der Waals surface area contributed by atoms with E-state index >= 15 is 0 Å². The number of aryl methyl sites for hydroxylation is 2. The van der Waals surface area contributed by atoms with Crippen LogP contribution in [0.2, 0.25) is 0 Å². The zero-order valence-corrected chi connectivity index (χ0v) is 20.3. The van der Waals surface area contributed by atoms with Crippen molar-refractivity contribution in [2.75, 3.05) is 7.05 Å². The third-order valence-corrected chi connectivity index (χ3v) is 6.68. The maximum atomic E-state index is 14.6. The number of rotatable bonds is 4. The molecule has 3 aromatic heterocycles. The van der Waals surface area contributed by atoms with Gasteiger partial charge in [-0.2, -0.15) is 0 Å². The quantitative estimate of drug-likeness (QED) is 0.386. The molecule has 8 nitrogen and oxygen atoms in total. The number of benzene rings is 3. The average Bonchev–Trinajstić information content (AvgIpc) is 3.62. The molecule has 1 amide bonds. The van der Waals surface area contributed by atoms with E-state index in [1.165, 1.54) is 19.2 Å². The van der Waals surface area contributed by atoms with Gasteiger partial charge in [0.1, 0.15) is 5.82 Å². The summed E-state index contributed by atoms with van der Waals surface area (Å²) in [6.07, 6.45) is 1.59. The summed E-state index contributed by atoms with van der Waals surface area (Å²) in [4.78, 5) is 29.2. The van der Waals surface area contributed by atoms with Gasteiger partial charge in [-0.15, -0.1) is 0 Å². The SMILES string of the molecule is CNC(=O)c1ccc(-c2ccc3c(c2)nc(-c2ccco2)n3-c2ccc3c(c2)n(C)c(=O)n3C)cc1F. The van der Waals surface area contributed by atoms with E-state index in [-0.39, 0.29) is 11.3 Å². The first-order valence-corrected chi connectivity index (χ1v) is 11.6. The summed E-state index contributed by atoms with van der Waals surface area (Å²) in [6, 6.07) is 19.6. The molecular weight excluding hydrogens is 473 g/mol. The van der Waals surface area contributed by atoms with Crippen LogP contribution in [0.25, 0.3) is 50.5 Å². The number of amides is 1. The molecule has 0 fully saturated rings. The van der Waals surface area contributed by atoms with Crippen molar-refractivity contribution in [3.05, 3.63) is 94.9 Å².